The molecule has 1 aromatic heterocycles. The van der Waals surface area contributed by atoms with Crippen molar-refractivity contribution in [1.82, 2.24) is 0 Å². The maximum absolute atomic E-state index is 9.00. The third kappa shape index (κ3) is 1.66. The number of nitrogen functional groups attached to an aromatic ring is 1. The molecular formula is C8H7BBrNO2S. The minimum absolute atomic E-state index is 0.504. The fourth-order valence-corrected chi connectivity index (χ4v) is 2.72. The minimum atomic E-state index is -1.43. The number of thiophene rings is 1. The molecule has 1 heterocycles. The van der Waals surface area contributed by atoms with E-state index in [2.05, 4.69) is 15.9 Å². The van der Waals surface area contributed by atoms with Gasteiger partial charge in [0.15, 0.2) is 0 Å². The van der Waals surface area contributed by atoms with Crippen LogP contribution in [0.5, 0.6) is 0 Å². The van der Waals surface area contributed by atoms with Gasteiger partial charge in [0.25, 0.3) is 0 Å². The van der Waals surface area contributed by atoms with E-state index in [1.54, 1.807) is 12.1 Å². The van der Waals surface area contributed by atoms with Crippen molar-refractivity contribution < 1.29 is 10.0 Å². The summed E-state index contributed by atoms with van der Waals surface area (Å²) in [6, 6.07) is 5.42. The molecule has 0 saturated heterocycles. The summed E-state index contributed by atoms with van der Waals surface area (Å²) >= 11 is 4.62. The Bertz CT molecular complexity index is 485. The summed E-state index contributed by atoms with van der Waals surface area (Å²) in [5.41, 5.74) is 6.43. The van der Waals surface area contributed by atoms with E-state index in [9.17, 15) is 0 Å². The van der Waals surface area contributed by atoms with Gasteiger partial charge in [-0.1, -0.05) is 15.9 Å². The zero-order chi connectivity index (χ0) is 10.3. The first kappa shape index (κ1) is 9.98. The summed E-state index contributed by atoms with van der Waals surface area (Å²) in [7, 11) is -1.43. The Labute approximate surface area is 93.4 Å². The Hall–Kier alpha value is -0.555. The molecule has 0 aliphatic rings. The van der Waals surface area contributed by atoms with Crippen LogP contribution in [0.15, 0.2) is 22.7 Å². The van der Waals surface area contributed by atoms with Gasteiger partial charge in [-0.25, -0.2) is 0 Å². The molecule has 2 aromatic rings. The highest BCUT2D eigenvalue weighted by atomic mass is 79.9. The van der Waals surface area contributed by atoms with Crippen LogP contribution in [-0.2, 0) is 0 Å². The molecule has 0 fully saturated rings. The Morgan fingerprint density at radius 3 is 2.64 bits per heavy atom. The third-order valence-corrected chi connectivity index (χ3v) is 3.58. The zero-order valence-corrected chi connectivity index (χ0v) is 9.47. The number of anilines is 1. The van der Waals surface area contributed by atoms with Gasteiger partial charge in [0, 0.05) is 9.25 Å². The molecular weight excluding hydrogens is 265 g/mol. The summed E-state index contributed by atoms with van der Waals surface area (Å²) < 4.78 is 2.28. The fraction of sp³-hybridized carbons (Fsp3) is 0. The molecule has 3 nitrogen and oxygen atoms in total. The molecule has 72 valence electrons. The van der Waals surface area contributed by atoms with Crippen molar-refractivity contribution in [3.05, 3.63) is 22.7 Å². The molecule has 6 heteroatoms. The van der Waals surface area contributed by atoms with Crippen LogP contribution in [0.2, 0.25) is 0 Å². The first-order valence-electron chi connectivity index (χ1n) is 3.92. The van der Waals surface area contributed by atoms with Crippen LogP contribution in [0, 0.1) is 0 Å². The third-order valence-electron chi connectivity index (χ3n) is 1.88. The minimum Gasteiger partial charge on any atom is -0.423 e. The fourth-order valence-electron chi connectivity index (χ4n) is 1.29. The Balaban J connectivity index is 2.70. The van der Waals surface area contributed by atoms with E-state index in [1.807, 2.05) is 6.07 Å². The molecule has 0 radical (unpaired) electrons. The maximum atomic E-state index is 9.00. The van der Waals surface area contributed by atoms with Crippen molar-refractivity contribution in [2.24, 2.45) is 0 Å². The van der Waals surface area contributed by atoms with Crippen LogP contribution in [-0.4, -0.2) is 17.2 Å². The van der Waals surface area contributed by atoms with Crippen LogP contribution in [0.1, 0.15) is 0 Å². The summed E-state index contributed by atoms with van der Waals surface area (Å²) in [5.74, 6) is 0. The molecule has 0 saturated carbocycles. The highest BCUT2D eigenvalue weighted by molar-refractivity contribution is 9.10. The number of nitrogens with two attached hydrogens (primary N) is 1. The number of hydrogen-bond acceptors (Lipinski definition) is 4. The molecule has 0 aliphatic heterocycles. The second-order valence-corrected chi connectivity index (χ2v) is 4.94. The Morgan fingerprint density at radius 1 is 1.29 bits per heavy atom. The van der Waals surface area contributed by atoms with Gasteiger partial charge >= 0.3 is 7.12 Å². The molecule has 0 unspecified atom stereocenters. The van der Waals surface area contributed by atoms with Gasteiger partial charge in [-0.3, -0.25) is 0 Å². The lowest BCUT2D eigenvalue weighted by Crippen LogP contribution is -2.26. The summed E-state index contributed by atoms with van der Waals surface area (Å²) in [6.45, 7) is 0. The van der Waals surface area contributed by atoms with Crippen molar-refractivity contribution in [1.29, 1.82) is 0 Å². The second-order valence-electron chi connectivity index (χ2n) is 2.94. The highest BCUT2D eigenvalue weighted by Crippen LogP contribution is 2.29. The van der Waals surface area contributed by atoms with Crippen LogP contribution in [0.3, 0.4) is 0 Å². The van der Waals surface area contributed by atoms with Crippen LogP contribution in [0.4, 0.5) is 5.69 Å². The van der Waals surface area contributed by atoms with E-state index >= 15 is 0 Å². The molecule has 4 N–H and O–H groups in total. The number of fused-ring (bicyclic) bond motifs is 1. The van der Waals surface area contributed by atoms with Gasteiger partial charge in [0.1, 0.15) is 0 Å². The molecule has 0 atom stereocenters. The number of halogens is 1. The SMILES string of the molecule is Nc1cc(Br)cc2cc(B(O)O)sc12. The first-order valence-corrected chi connectivity index (χ1v) is 5.53. The molecule has 0 spiro atoms. The molecule has 2 rings (SSSR count). The summed E-state index contributed by atoms with van der Waals surface area (Å²) in [4.78, 5) is 0. The number of rotatable bonds is 1. The number of benzene rings is 1. The second kappa shape index (κ2) is 3.54. The van der Waals surface area contributed by atoms with Crippen LogP contribution >= 0.6 is 27.3 Å². The quantitative estimate of drug-likeness (QED) is 0.534. The van der Waals surface area contributed by atoms with Gasteiger partial charge in [-0.2, -0.15) is 0 Å². The first-order chi connectivity index (χ1) is 6.58. The molecule has 0 amide bonds. The van der Waals surface area contributed by atoms with Gasteiger partial charge in [-0.15, -0.1) is 11.3 Å². The molecule has 0 bridgehead atoms. The van der Waals surface area contributed by atoms with Crippen LogP contribution in [0.25, 0.3) is 10.1 Å². The standard InChI is InChI=1S/C8H7BBrNO2S/c10-5-1-4-2-7(9(12)13)14-8(4)6(11)3-5/h1-3,12-13H,11H2. The van der Waals surface area contributed by atoms with Crippen molar-refractivity contribution in [2.75, 3.05) is 5.73 Å². The summed E-state index contributed by atoms with van der Waals surface area (Å²) in [5, 5.41) is 18.9. The normalized spacial score (nSPS) is 10.8. The largest absolute Gasteiger partial charge is 0.499 e. The predicted molar refractivity (Wildman–Crippen MR) is 63.8 cm³/mol. The zero-order valence-electron chi connectivity index (χ0n) is 7.07. The van der Waals surface area contributed by atoms with Gasteiger partial charge < -0.3 is 15.8 Å². The van der Waals surface area contributed by atoms with Gasteiger partial charge in [0.05, 0.1) is 10.4 Å². The van der Waals surface area contributed by atoms with E-state index in [-0.39, 0.29) is 0 Å². The smallest absolute Gasteiger partial charge is 0.423 e. The molecule has 1 aromatic carbocycles. The molecule has 14 heavy (non-hydrogen) atoms. The van der Waals surface area contributed by atoms with Crippen molar-refractivity contribution in [3.8, 4) is 0 Å². The lowest BCUT2D eigenvalue weighted by atomic mass is 9.89. The lowest BCUT2D eigenvalue weighted by Gasteiger charge is -1.96. The average Bonchev–Trinajstić information content (AvgIpc) is 2.47. The van der Waals surface area contributed by atoms with Gasteiger partial charge in [0.2, 0.25) is 0 Å². The van der Waals surface area contributed by atoms with Gasteiger partial charge in [-0.05, 0) is 23.6 Å². The van der Waals surface area contributed by atoms with E-state index in [4.69, 9.17) is 15.8 Å². The van der Waals surface area contributed by atoms with E-state index in [0.29, 0.717) is 10.5 Å². The Morgan fingerprint density at radius 2 is 2.00 bits per heavy atom. The van der Waals surface area contributed by atoms with Crippen molar-refractivity contribution in [2.45, 2.75) is 0 Å². The Kier molecular flexibility index (Phi) is 2.53. The van der Waals surface area contributed by atoms with E-state index in [0.717, 1.165) is 14.6 Å². The van der Waals surface area contributed by atoms with Crippen molar-refractivity contribution >= 4 is 54.9 Å². The number of hydrogen-bond donors (Lipinski definition) is 3. The predicted octanol–water partition coefficient (Wildman–Crippen LogP) is 0.926. The average molecular weight is 272 g/mol. The van der Waals surface area contributed by atoms with Crippen LogP contribution < -0.4 is 10.5 Å². The maximum Gasteiger partial charge on any atom is 0.499 e. The van der Waals surface area contributed by atoms with E-state index < -0.39 is 7.12 Å². The lowest BCUT2D eigenvalue weighted by molar-refractivity contribution is 0.427. The summed E-state index contributed by atoms with van der Waals surface area (Å²) in [6.07, 6.45) is 0. The molecule has 0 aliphatic carbocycles. The topological polar surface area (TPSA) is 66.5 Å². The highest BCUT2D eigenvalue weighted by Gasteiger charge is 2.15. The van der Waals surface area contributed by atoms with E-state index in [1.165, 1.54) is 11.3 Å². The van der Waals surface area contributed by atoms with Crippen molar-refractivity contribution in [3.63, 3.8) is 0 Å². The monoisotopic (exact) mass is 271 g/mol.